The first-order chi connectivity index (χ1) is 9.54. The standard InChI is InChI=1S/C12H11BrN4O3/c13-9-3-1-8(2-4-9)12(20)14-5-10-6-17(16-15-10)7-11(18)19/h1-4,6H,5,7H2,(H,14,20)(H,18,19). The highest BCUT2D eigenvalue weighted by Gasteiger charge is 2.08. The van der Waals surface area contributed by atoms with Crippen LogP contribution in [0.4, 0.5) is 0 Å². The Kier molecular flexibility index (Phi) is 4.46. The van der Waals surface area contributed by atoms with Crippen molar-refractivity contribution in [2.75, 3.05) is 0 Å². The normalized spacial score (nSPS) is 10.2. The van der Waals surface area contributed by atoms with E-state index in [2.05, 4.69) is 31.6 Å². The lowest BCUT2D eigenvalue weighted by Crippen LogP contribution is -2.22. The molecule has 0 bridgehead atoms. The molecule has 1 aromatic carbocycles. The van der Waals surface area contributed by atoms with Crippen LogP contribution >= 0.6 is 15.9 Å². The molecular weight excluding hydrogens is 328 g/mol. The minimum absolute atomic E-state index is 0.189. The number of carbonyl (C=O) groups is 2. The number of aliphatic carboxylic acids is 1. The maximum Gasteiger partial charge on any atom is 0.325 e. The van der Waals surface area contributed by atoms with Gasteiger partial charge in [-0.1, -0.05) is 21.1 Å². The molecule has 1 heterocycles. The van der Waals surface area contributed by atoms with Crippen LogP contribution in [0.15, 0.2) is 34.9 Å². The van der Waals surface area contributed by atoms with Crippen LogP contribution in [0.2, 0.25) is 0 Å². The Morgan fingerprint density at radius 2 is 2.00 bits per heavy atom. The molecule has 0 aliphatic rings. The summed E-state index contributed by atoms with van der Waals surface area (Å²) in [4.78, 5) is 22.3. The number of amides is 1. The minimum Gasteiger partial charge on any atom is -0.480 e. The van der Waals surface area contributed by atoms with Crippen molar-refractivity contribution in [1.82, 2.24) is 20.3 Å². The first-order valence-corrected chi connectivity index (χ1v) is 6.48. The molecular formula is C12H11BrN4O3. The minimum atomic E-state index is -1.000. The van der Waals surface area contributed by atoms with E-state index in [0.717, 1.165) is 4.47 Å². The highest BCUT2D eigenvalue weighted by molar-refractivity contribution is 9.10. The molecule has 2 aromatic rings. The first-order valence-electron chi connectivity index (χ1n) is 5.69. The smallest absolute Gasteiger partial charge is 0.325 e. The van der Waals surface area contributed by atoms with Gasteiger partial charge in [-0.15, -0.1) is 5.10 Å². The topological polar surface area (TPSA) is 97.1 Å². The van der Waals surface area contributed by atoms with Crippen LogP contribution in [0.3, 0.4) is 0 Å². The predicted molar refractivity (Wildman–Crippen MR) is 73.0 cm³/mol. The van der Waals surface area contributed by atoms with Crippen molar-refractivity contribution in [3.05, 3.63) is 46.2 Å². The van der Waals surface area contributed by atoms with Crippen LogP contribution in [-0.2, 0) is 17.9 Å². The quantitative estimate of drug-likeness (QED) is 0.849. The van der Waals surface area contributed by atoms with Crippen molar-refractivity contribution < 1.29 is 14.7 Å². The molecule has 0 spiro atoms. The zero-order valence-corrected chi connectivity index (χ0v) is 11.9. The Labute approximate surface area is 122 Å². The van der Waals surface area contributed by atoms with E-state index >= 15 is 0 Å². The molecule has 0 aliphatic heterocycles. The molecule has 8 heteroatoms. The zero-order valence-electron chi connectivity index (χ0n) is 10.3. The van der Waals surface area contributed by atoms with Crippen molar-refractivity contribution >= 4 is 27.8 Å². The largest absolute Gasteiger partial charge is 0.480 e. The van der Waals surface area contributed by atoms with E-state index in [-0.39, 0.29) is 19.0 Å². The number of carboxylic acid groups (broad SMARTS) is 1. The molecule has 20 heavy (non-hydrogen) atoms. The molecule has 0 atom stereocenters. The van der Waals surface area contributed by atoms with E-state index in [9.17, 15) is 9.59 Å². The fraction of sp³-hybridized carbons (Fsp3) is 0.167. The molecule has 1 aromatic heterocycles. The van der Waals surface area contributed by atoms with Crippen molar-refractivity contribution in [3.8, 4) is 0 Å². The molecule has 0 radical (unpaired) electrons. The van der Waals surface area contributed by atoms with Gasteiger partial charge in [-0.05, 0) is 24.3 Å². The van der Waals surface area contributed by atoms with Gasteiger partial charge in [0, 0.05) is 10.0 Å². The van der Waals surface area contributed by atoms with Gasteiger partial charge in [-0.2, -0.15) is 0 Å². The van der Waals surface area contributed by atoms with E-state index in [1.807, 2.05) is 0 Å². The third-order valence-corrected chi connectivity index (χ3v) is 2.95. The number of halogens is 1. The fourth-order valence-electron chi connectivity index (χ4n) is 1.51. The Hall–Kier alpha value is -2.22. The Balaban J connectivity index is 1.91. The second-order valence-electron chi connectivity index (χ2n) is 3.99. The summed E-state index contributed by atoms with van der Waals surface area (Å²) in [7, 11) is 0. The van der Waals surface area contributed by atoms with Gasteiger partial charge in [0.1, 0.15) is 12.2 Å². The number of hydrogen-bond acceptors (Lipinski definition) is 4. The Morgan fingerprint density at radius 1 is 1.30 bits per heavy atom. The van der Waals surface area contributed by atoms with E-state index in [1.54, 1.807) is 24.3 Å². The van der Waals surface area contributed by atoms with E-state index in [4.69, 9.17) is 5.11 Å². The van der Waals surface area contributed by atoms with Gasteiger partial charge in [0.05, 0.1) is 12.7 Å². The SMILES string of the molecule is O=C(O)Cn1cc(CNC(=O)c2ccc(Br)cc2)nn1. The molecule has 0 saturated heterocycles. The lowest BCUT2D eigenvalue weighted by atomic mass is 10.2. The number of carboxylic acids is 1. The number of benzene rings is 1. The third-order valence-electron chi connectivity index (χ3n) is 2.42. The summed E-state index contributed by atoms with van der Waals surface area (Å²) in [5, 5.41) is 18.7. The van der Waals surface area contributed by atoms with Crippen molar-refractivity contribution in [2.45, 2.75) is 13.1 Å². The summed E-state index contributed by atoms with van der Waals surface area (Å²) in [6.45, 7) is -0.0673. The summed E-state index contributed by atoms with van der Waals surface area (Å²) in [5.41, 5.74) is 1.03. The molecule has 104 valence electrons. The van der Waals surface area contributed by atoms with Crippen molar-refractivity contribution in [1.29, 1.82) is 0 Å². The van der Waals surface area contributed by atoms with Crippen LogP contribution < -0.4 is 5.32 Å². The summed E-state index contributed by atoms with van der Waals surface area (Å²) >= 11 is 3.29. The van der Waals surface area contributed by atoms with Crippen molar-refractivity contribution in [2.24, 2.45) is 0 Å². The van der Waals surface area contributed by atoms with Gasteiger partial charge in [-0.3, -0.25) is 9.59 Å². The Morgan fingerprint density at radius 3 is 2.65 bits per heavy atom. The van der Waals surface area contributed by atoms with Crippen LogP contribution in [0, 0.1) is 0 Å². The average molecular weight is 339 g/mol. The summed E-state index contributed by atoms with van der Waals surface area (Å²) < 4.78 is 2.09. The Bertz CT molecular complexity index is 624. The van der Waals surface area contributed by atoms with Gasteiger partial charge in [0.15, 0.2) is 0 Å². The van der Waals surface area contributed by atoms with Crippen LogP contribution in [-0.4, -0.2) is 32.0 Å². The van der Waals surface area contributed by atoms with E-state index in [0.29, 0.717) is 11.3 Å². The zero-order chi connectivity index (χ0) is 14.5. The summed E-state index contributed by atoms with van der Waals surface area (Å²) in [6.07, 6.45) is 1.48. The maximum atomic E-state index is 11.8. The van der Waals surface area contributed by atoms with Gasteiger partial charge in [0.25, 0.3) is 5.91 Å². The van der Waals surface area contributed by atoms with E-state index in [1.165, 1.54) is 10.9 Å². The molecule has 0 saturated carbocycles. The number of nitrogens with zero attached hydrogens (tertiary/aromatic N) is 3. The summed E-state index contributed by atoms with van der Waals surface area (Å²) in [5.74, 6) is -1.23. The third kappa shape index (κ3) is 3.89. The van der Waals surface area contributed by atoms with Crippen molar-refractivity contribution in [3.63, 3.8) is 0 Å². The second kappa shape index (κ2) is 6.29. The monoisotopic (exact) mass is 338 g/mol. The number of nitrogens with one attached hydrogen (secondary N) is 1. The maximum absolute atomic E-state index is 11.8. The predicted octanol–water partition coefficient (Wildman–Crippen LogP) is 1.06. The van der Waals surface area contributed by atoms with Crippen LogP contribution in [0.1, 0.15) is 16.1 Å². The molecule has 2 rings (SSSR count). The molecule has 0 fully saturated rings. The number of carbonyl (C=O) groups excluding carboxylic acids is 1. The molecule has 1 amide bonds. The molecule has 0 unspecified atom stereocenters. The van der Waals surface area contributed by atoms with E-state index < -0.39 is 5.97 Å². The number of aromatic nitrogens is 3. The lowest BCUT2D eigenvalue weighted by Gasteiger charge is -2.02. The fourth-order valence-corrected chi connectivity index (χ4v) is 1.77. The highest BCUT2D eigenvalue weighted by Crippen LogP contribution is 2.10. The van der Waals surface area contributed by atoms with Gasteiger partial charge < -0.3 is 10.4 Å². The van der Waals surface area contributed by atoms with Crippen LogP contribution in [0.5, 0.6) is 0 Å². The molecule has 2 N–H and O–H groups in total. The van der Waals surface area contributed by atoms with Crippen LogP contribution in [0.25, 0.3) is 0 Å². The number of rotatable bonds is 5. The molecule has 0 aliphatic carbocycles. The first kappa shape index (κ1) is 14.2. The average Bonchev–Trinajstić information content (AvgIpc) is 2.83. The summed E-state index contributed by atoms with van der Waals surface area (Å²) in [6, 6.07) is 6.94. The van der Waals surface area contributed by atoms with Gasteiger partial charge in [0.2, 0.25) is 0 Å². The second-order valence-corrected chi connectivity index (χ2v) is 4.91. The highest BCUT2D eigenvalue weighted by atomic mass is 79.9. The van der Waals surface area contributed by atoms with Gasteiger partial charge >= 0.3 is 5.97 Å². The van der Waals surface area contributed by atoms with Gasteiger partial charge in [-0.25, -0.2) is 4.68 Å². The molecule has 7 nitrogen and oxygen atoms in total. The lowest BCUT2D eigenvalue weighted by molar-refractivity contribution is -0.137. The number of hydrogen-bond donors (Lipinski definition) is 2.